The molecule has 1 heterocycles. The van der Waals surface area contributed by atoms with Crippen LogP contribution in [0.25, 0.3) is 0 Å². The highest BCUT2D eigenvalue weighted by atomic mass is 32.1. The van der Waals surface area contributed by atoms with Crippen LogP contribution in [0.1, 0.15) is 73.4 Å². The standard InChI is InChI=1S/C32H41N3O3S/c1-22-18-26(12-15-30(22)38-2)24-8-6-23(7-9-24)21-35(32(37)25-10-13-29(36)14-11-25)28-5-3-4-27(19-28)34-20-31-33-16-17-39-31/h3-5,12,15-19,23-25,29,34,36H,6-11,13-14,20-21H2,1-2H3/t23-,24-,25-,29-. The van der Waals surface area contributed by atoms with E-state index in [2.05, 4.69) is 58.5 Å². The number of aryl methyl sites for hydroxylation is 1. The summed E-state index contributed by atoms with van der Waals surface area (Å²) < 4.78 is 5.45. The van der Waals surface area contributed by atoms with E-state index in [0.717, 1.165) is 67.2 Å². The molecule has 0 spiro atoms. The Balaban J connectivity index is 1.28. The lowest BCUT2D eigenvalue weighted by Crippen LogP contribution is -2.41. The molecule has 2 aromatic carbocycles. The molecular weight excluding hydrogens is 506 g/mol. The fraction of sp³-hybridized carbons (Fsp3) is 0.500. The molecule has 0 unspecified atom stereocenters. The van der Waals surface area contributed by atoms with Crippen LogP contribution in [-0.4, -0.2) is 35.8 Å². The second-order valence-corrected chi connectivity index (χ2v) is 12.2. The fourth-order valence-corrected chi connectivity index (χ4v) is 6.82. The number of aromatic nitrogens is 1. The number of carbonyl (C=O) groups is 1. The van der Waals surface area contributed by atoms with Gasteiger partial charge >= 0.3 is 0 Å². The first-order chi connectivity index (χ1) is 19.0. The third kappa shape index (κ3) is 7.00. The topological polar surface area (TPSA) is 74.7 Å². The van der Waals surface area contributed by atoms with Gasteiger partial charge in [0.15, 0.2) is 0 Å². The van der Waals surface area contributed by atoms with Crippen LogP contribution in [0.3, 0.4) is 0 Å². The van der Waals surface area contributed by atoms with E-state index in [-0.39, 0.29) is 17.9 Å². The van der Waals surface area contributed by atoms with Crippen LogP contribution < -0.4 is 15.0 Å². The number of rotatable bonds is 9. The smallest absolute Gasteiger partial charge is 0.230 e. The summed E-state index contributed by atoms with van der Waals surface area (Å²) in [7, 11) is 1.72. The minimum Gasteiger partial charge on any atom is -0.496 e. The number of aliphatic hydroxyl groups is 1. The lowest BCUT2D eigenvalue weighted by Gasteiger charge is -2.36. The van der Waals surface area contributed by atoms with Crippen LogP contribution in [0.5, 0.6) is 5.75 Å². The molecule has 7 heteroatoms. The summed E-state index contributed by atoms with van der Waals surface area (Å²) >= 11 is 1.64. The van der Waals surface area contributed by atoms with Crippen molar-refractivity contribution in [2.24, 2.45) is 11.8 Å². The monoisotopic (exact) mass is 547 g/mol. The molecule has 0 radical (unpaired) electrons. The maximum absolute atomic E-state index is 13.9. The molecule has 2 aliphatic carbocycles. The van der Waals surface area contributed by atoms with Gasteiger partial charge in [-0.1, -0.05) is 18.2 Å². The van der Waals surface area contributed by atoms with Gasteiger partial charge in [0.25, 0.3) is 0 Å². The van der Waals surface area contributed by atoms with Gasteiger partial charge in [0.05, 0.1) is 19.8 Å². The van der Waals surface area contributed by atoms with Crippen LogP contribution in [-0.2, 0) is 11.3 Å². The number of benzene rings is 2. The average molecular weight is 548 g/mol. The Morgan fingerprint density at radius 1 is 1.08 bits per heavy atom. The van der Waals surface area contributed by atoms with Gasteiger partial charge in [-0.3, -0.25) is 4.79 Å². The summed E-state index contributed by atoms with van der Waals surface area (Å²) in [5.41, 5.74) is 4.55. The Labute approximate surface area is 236 Å². The molecule has 0 saturated heterocycles. The first-order valence-electron chi connectivity index (χ1n) is 14.4. The number of ether oxygens (including phenoxy) is 1. The number of hydrogen-bond acceptors (Lipinski definition) is 6. The average Bonchev–Trinajstić information content (AvgIpc) is 3.49. The summed E-state index contributed by atoms with van der Waals surface area (Å²) in [6.45, 7) is 3.54. The number of anilines is 2. The van der Waals surface area contributed by atoms with Gasteiger partial charge in [0.2, 0.25) is 5.91 Å². The second kappa shape index (κ2) is 13.0. The summed E-state index contributed by atoms with van der Waals surface area (Å²) in [6, 6.07) is 14.8. The van der Waals surface area contributed by atoms with Crippen LogP contribution in [0.15, 0.2) is 54.0 Å². The molecule has 208 valence electrons. The third-order valence-corrected chi connectivity index (χ3v) is 9.35. The van der Waals surface area contributed by atoms with E-state index in [9.17, 15) is 9.90 Å². The second-order valence-electron chi connectivity index (χ2n) is 11.2. The highest BCUT2D eigenvalue weighted by Gasteiger charge is 2.32. The zero-order valence-corrected chi connectivity index (χ0v) is 24.0. The minimum atomic E-state index is -0.266. The van der Waals surface area contributed by atoms with Crippen molar-refractivity contribution >= 4 is 28.6 Å². The number of aliphatic hydroxyl groups excluding tert-OH is 1. The van der Waals surface area contributed by atoms with E-state index in [1.807, 2.05) is 17.6 Å². The highest BCUT2D eigenvalue weighted by molar-refractivity contribution is 7.09. The fourth-order valence-electron chi connectivity index (χ4n) is 6.26. The Hall–Kier alpha value is -2.90. The Morgan fingerprint density at radius 2 is 1.87 bits per heavy atom. The number of amides is 1. The Morgan fingerprint density at radius 3 is 2.56 bits per heavy atom. The number of thiazole rings is 1. The summed E-state index contributed by atoms with van der Waals surface area (Å²) in [4.78, 5) is 20.3. The molecule has 2 N–H and O–H groups in total. The lowest BCUT2D eigenvalue weighted by molar-refractivity contribution is -0.124. The van der Waals surface area contributed by atoms with Gasteiger partial charge in [-0.25, -0.2) is 4.98 Å². The van der Waals surface area contributed by atoms with E-state index >= 15 is 0 Å². The van der Waals surface area contributed by atoms with E-state index in [4.69, 9.17) is 4.74 Å². The van der Waals surface area contributed by atoms with Gasteiger partial charge in [-0.15, -0.1) is 11.3 Å². The van der Waals surface area contributed by atoms with Gasteiger partial charge in [-0.2, -0.15) is 0 Å². The molecule has 2 fully saturated rings. The zero-order valence-electron chi connectivity index (χ0n) is 23.1. The first kappa shape index (κ1) is 27.7. The lowest BCUT2D eigenvalue weighted by atomic mass is 9.78. The molecule has 0 atom stereocenters. The summed E-state index contributed by atoms with van der Waals surface area (Å²) in [6.07, 6.45) is 9.03. The van der Waals surface area contributed by atoms with Crippen molar-refractivity contribution < 1.29 is 14.6 Å². The van der Waals surface area contributed by atoms with Gasteiger partial charge in [-0.05, 0) is 106 Å². The van der Waals surface area contributed by atoms with E-state index in [1.165, 1.54) is 11.1 Å². The normalized spacial score (nSPS) is 23.3. The van der Waals surface area contributed by atoms with E-state index in [1.54, 1.807) is 18.4 Å². The predicted octanol–water partition coefficient (Wildman–Crippen LogP) is 6.93. The van der Waals surface area contributed by atoms with Gasteiger partial charge in [0, 0.05) is 35.4 Å². The first-order valence-corrected chi connectivity index (χ1v) is 15.2. The summed E-state index contributed by atoms with van der Waals surface area (Å²) in [5, 5.41) is 16.5. The summed E-state index contributed by atoms with van der Waals surface area (Å²) in [5.74, 6) is 2.19. The number of carbonyl (C=O) groups excluding carboxylic acids is 1. The Bertz CT molecular complexity index is 1220. The molecule has 3 aromatic rings. The number of methoxy groups -OCH3 is 1. The molecular formula is C32H41N3O3S. The maximum atomic E-state index is 13.9. The van der Waals surface area contributed by atoms with E-state index in [0.29, 0.717) is 31.2 Å². The van der Waals surface area contributed by atoms with Gasteiger partial charge in [0.1, 0.15) is 10.8 Å². The van der Waals surface area contributed by atoms with Crippen molar-refractivity contribution in [3.8, 4) is 5.75 Å². The highest BCUT2D eigenvalue weighted by Crippen LogP contribution is 2.39. The number of nitrogens with one attached hydrogen (secondary N) is 1. The molecule has 1 amide bonds. The van der Waals surface area contributed by atoms with Crippen molar-refractivity contribution in [2.75, 3.05) is 23.9 Å². The van der Waals surface area contributed by atoms with Crippen LogP contribution in [0.4, 0.5) is 11.4 Å². The SMILES string of the molecule is COc1ccc([C@H]2CC[C@H](CN(c3cccc(NCc4nccs4)c3)C(=O)[C@H]3CC[C@H](O)CC3)CC2)cc1C. The Kier molecular flexibility index (Phi) is 9.20. The minimum absolute atomic E-state index is 0.0149. The predicted molar refractivity (Wildman–Crippen MR) is 159 cm³/mol. The zero-order chi connectivity index (χ0) is 27.2. The molecule has 1 aromatic heterocycles. The molecule has 0 aliphatic heterocycles. The van der Waals surface area contributed by atoms with Crippen molar-refractivity contribution in [3.63, 3.8) is 0 Å². The number of nitrogens with zero attached hydrogens (tertiary/aromatic N) is 2. The molecule has 5 rings (SSSR count). The van der Waals surface area contributed by atoms with Crippen LogP contribution in [0, 0.1) is 18.8 Å². The molecule has 2 aliphatic rings. The maximum Gasteiger partial charge on any atom is 0.230 e. The third-order valence-electron chi connectivity index (χ3n) is 8.57. The quantitative estimate of drug-likeness (QED) is 0.304. The molecule has 39 heavy (non-hydrogen) atoms. The largest absolute Gasteiger partial charge is 0.496 e. The molecule has 0 bridgehead atoms. The van der Waals surface area contributed by atoms with E-state index < -0.39 is 0 Å². The van der Waals surface area contributed by atoms with Gasteiger partial charge < -0.3 is 20.1 Å². The van der Waals surface area contributed by atoms with Crippen LogP contribution in [0.2, 0.25) is 0 Å². The van der Waals surface area contributed by atoms with Crippen LogP contribution >= 0.6 is 11.3 Å². The van der Waals surface area contributed by atoms with Crippen molar-refractivity contribution in [1.82, 2.24) is 4.98 Å². The molecule has 6 nitrogen and oxygen atoms in total. The molecule has 2 saturated carbocycles. The number of hydrogen-bond donors (Lipinski definition) is 2. The van der Waals surface area contributed by atoms with Crippen molar-refractivity contribution in [3.05, 3.63) is 70.2 Å². The van der Waals surface area contributed by atoms with Crippen molar-refractivity contribution in [2.45, 2.75) is 76.9 Å². The van der Waals surface area contributed by atoms with Crippen molar-refractivity contribution in [1.29, 1.82) is 0 Å².